The molecular weight excluding hydrogens is 309 g/mol. The Bertz CT molecular complexity index is 810. The number of furan rings is 1. The van der Waals surface area contributed by atoms with Crippen molar-refractivity contribution in [1.29, 1.82) is 0 Å². The molecule has 2 aromatic carbocycles. The number of hydrogen-bond donors (Lipinski definition) is 1. The largest absolute Gasteiger partial charge is 0.481 e. The van der Waals surface area contributed by atoms with Crippen molar-refractivity contribution < 1.29 is 18.3 Å². The Morgan fingerprint density at radius 2 is 1.96 bits per heavy atom. The second-order valence-electron chi connectivity index (χ2n) is 5.64. The minimum Gasteiger partial charge on any atom is -0.481 e. The Morgan fingerprint density at radius 1 is 1.21 bits per heavy atom. The third-order valence-electron chi connectivity index (χ3n) is 3.59. The van der Waals surface area contributed by atoms with Gasteiger partial charge in [-0.25, -0.2) is 4.39 Å². The highest BCUT2D eigenvalue weighted by molar-refractivity contribution is 5.78. The number of ether oxygens (including phenoxy) is 1. The highest BCUT2D eigenvalue weighted by Gasteiger charge is 2.12. The van der Waals surface area contributed by atoms with Gasteiger partial charge >= 0.3 is 0 Å². The molecule has 0 bridgehead atoms. The number of nitrogens with one attached hydrogen (secondary N) is 1. The van der Waals surface area contributed by atoms with Crippen LogP contribution in [0.3, 0.4) is 0 Å². The Hall–Kier alpha value is -2.82. The van der Waals surface area contributed by atoms with E-state index in [4.69, 9.17) is 9.15 Å². The number of rotatable bonds is 6. The molecule has 3 aromatic rings. The van der Waals surface area contributed by atoms with E-state index in [0.29, 0.717) is 6.42 Å². The first-order valence-electron chi connectivity index (χ1n) is 7.76. The molecule has 0 saturated carbocycles. The first-order chi connectivity index (χ1) is 11.6. The highest BCUT2D eigenvalue weighted by Crippen LogP contribution is 2.20. The van der Waals surface area contributed by atoms with Gasteiger partial charge in [0.1, 0.15) is 11.3 Å². The van der Waals surface area contributed by atoms with Crippen molar-refractivity contribution in [3.05, 3.63) is 66.2 Å². The molecule has 0 aliphatic rings. The minimum absolute atomic E-state index is 0.0672. The molecule has 3 rings (SSSR count). The van der Waals surface area contributed by atoms with Gasteiger partial charge in [-0.3, -0.25) is 4.79 Å². The summed E-state index contributed by atoms with van der Waals surface area (Å²) in [5.41, 5.74) is 0.828. The number of para-hydroxylation sites is 2. The van der Waals surface area contributed by atoms with E-state index in [9.17, 15) is 9.18 Å². The van der Waals surface area contributed by atoms with Crippen molar-refractivity contribution in [3.8, 4) is 5.75 Å². The zero-order chi connectivity index (χ0) is 16.9. The van der Waals surface area contributed by atoms with Crippen LogP contribution in [0.15, 0.2) is 59.0 Å². The van der Waals surface area contributed by atoms with Crippen LogP contribution in [0, 0.1) is 5.82 Å². The van der Waals surface area contributed by atoms with E-state index in [1.807, 2.05) is 37.3 Å². The fourth-order valence-corrected chi connectivity index (χ4v) is 2.51. The molecule has 0 spiro atoms. The second-order valence-corrected chi connectivity index (χ2v) is 5.64. The van der Waals surface area contributed by atoms with Gasteiger partial charge in [-0.15, -0.1) is 0 Å². The van der Waals surface area contributed by atoms with Crippen LogP contribution in [-0.4, -0.2) is 18.6 Å². The normalized spacial score (nSPS) is 12.1. The quantitative estimate of drug-likeness (QED) is 0.751. The lowest BCUT2D eigenvalue weighted by Crippen LogP contribution is -2.37. The molecule has 1 atom stereocenters. The smallest absolute Gasteiger partial charge is 0.258 e. The molecule has 0 aliphatic carbocycles. The number of benzene rings is 2. The van der Waals surface area contributed by atoms with E-state index in [-0.39, 0.29) is 24.3 Å². The van der Waals surface area contributed by atoms with E-state index in [2.05, 4.69) is 5.32 Å². The fourth-order valence-electron chi connectivity index (χ4n) is 2.51. The Balaban J connectivity index is 1.51. The summed E-state index contributed by atoms with van der Waals surface area (Å²) in [4.78, 5) is 11.9. The zero-order valence-electron chi connectivity index (χ0n) is 13.3. The number of fused-ring (bicyclic) bond motifs is 1. The predicted molar refractivity (Wildman–Crippen MR) is 89.4 cm³/mol. The van der Waals surface area contributed by atoms with Crippen LogP contribution in [0.25, 0.3) is 11.0 Å². The first kappa shape index (κ1) is 16.1. The van der Waals surface area contributed by atoms with Crippen LogP contribution in [-0.2, 0) is 11.2 Å². The molecule has 0 radical (unpaired) electrons. The maximum atomic E-state index is 13.4. The van der Waals surface area contributed by atoms with Crippen molar-refractivity contribution in [2.24, 2.45) is 0 Å². The summed E-state index contributed by atoms with van der Waals surface area (Å²) in [6.07, 6.45) is 0.570. The molecule has 24 heavy (non-hydrogen) atoms. The standard InChI is InChI=1S/C19H18FNO3/c1-13(10-15-11-14-6-2-4-8-17(14)24-15)21-19(22)12-23-18-9-5-3-7-16(18)20/h2-9,11,13H,10,12H2,1H3,(H,21,22). The number of halogens is 1. The first-order valence-corrected chi connectivity index (χ1v) is 7.76. The average Bonchev–Trinajstić information content (AvgIpc) is 2.96. The molecule has 1 N–H and O–H groups in total. The summed E-state index contributed by atoms with van der Waals surface area (Å²) >= 11 is 0. The molecule has 1 heterocycles. The van der Waals surface area contributed by atoms with Crippen LogP contribution in [0.2, 0.25) is 0 Å². The summed E-state index contributed by atoms with van der Waals surface area (Å²) < 4.78 is 24.3. The highest BCUT2D eigenvalue weighted by atomic mass is 19.1. The van der Waals surface area contributed by atoms with Crippen molar-refractivity contribution in [3.63, 3.8) is 0 Å². The molecule has 1 unspecified atom stereocenters. The number of amides is 1. The number of carbonyl (C=O) groups is 1. The molecule has 0 aliphatic heterocycles. The van der Waals surface area contributed by atoms with E-state index < -0.39 is 5.82 Å². The Kier molecular flexibility index (Phi) is 4.79. The molecule has 0 fully saturated rings. The average molecular weight is 327 g/mol. The van der Waals surface area contributed by atoms with Crippen LogP contribution in [0.4, 0.5) is 4.39 Å². The van der Waals surface area contributed by atoms with Crippen molar-refractivity contribution >= 4 is 16.9 Å². The van der Waals surface area contributed by atoms with Crippen molar-refractivity contribution in [2.45, 2.75) is 19.4 Å². The van der Waals surface area contributed by atoms with Crippen LogP contribution in [0.5, 0.6) is 5.75 Å². The van der Waals surface area contributed by atoms with Crippen molar-refractivity contribution in [1.82, 2.24) is 5.32 Å². The maximum absolute atomic E-state index is 13.4. The Morgan fingerprint density at radius 3 is 2.75 bits per heavy atom. The van der Waals surface area contributed by atoms with Gasteiger partial charge in [0.15, 0.2) is 18.2 Å². The second kappa shape index (κ2) is 7.17. The molecule has 1 amide bonds. The lowest BCUT2D eigenvalue weighted by atomic mass is 10.2. The van der Waals surface area contributed by atoms with E-state index in [1.165, 1.54) is 12.1 Å². The van der Waals surface area contributed by atoms with Gasteiger partial charge in [-0.1, -0.05) is 30.3 Å². The molecular formula is C19H18FNO3. The van der Waals surface area contributed by atoms with Gasteiger partial charge < -0.3 is 14.5 Å². The summed E-state index contributed by atoms with van der Waals surface area (Å²) in [6.45, 7) is 1.65. The summed E-state index contributed by atoms with van der Waals surface area (Å²) in [5, 5.41) is 3.85. The van der Waals surface area contributed by atoms with Gasteiger partial charge in [-0.2, -0.15) is 0 Å². The van der Waals surface area contributed by atoms with E-state index >= 15 is 0 Å². The topological polar surface area (TPSA) is 51.5 Å². The number of carbonyl (C=O) groups excluding carboxylic acids is 1. The molecule has 1 aromatic heterocycles. The lowest BCUT2D eigenvalue weighted by Gasteiger charge is -2.13. The maximum Gasteiger partial charge on any atom is 0.258 e. The fraction of sp³-hybridized carbons (Fsp3) is 0.211. The minimum atomic E-state index is -0.486. The number of hydrogen-bond acceptors (Lipinski definition) is 3. The molecule has 5 heteroatoms. The van der Waals surface area contributed by atoms with Gasteiger partial charge in [0.25, 0.3) is 5.91 Å². The van der Waals surface area contributed by atoms with Crippen LogP contribution >= 0.6 is 0 Å². The summed E-state index contributed by atoms with van der Waals surface area (Å²) in [7, 11) is 0. The van der Waals surface area contributed by atoms with Crippen LogP contribution < -0.4 is 10.1 Å². The van der Waals surface area contributed by atoms with E-state index in [0.717, 1.165) is 16.7 Å². The third kappa shape index (κ3) is 3.93. The van der Waals surface area contributed by atoms with Crippen LogP contribution in [0.1, 0.15) is 12.7 Å². The molecule has 4 nitrogen and oxygen atoms in total. The van der Waals surface area contributed by atoms with Gasteiger partial charge in [0.05, 0.1) is 0 Å². The molecule has 124 valence electrons. The molecule has 0 saturated heterocycles. The zero-order valence-corrected chi connectivity index (χ0v) is 13.3. The van der Waals surface area contributed by atoms with Gasteiger partial charge in [-0.05, 0) is 31.2 Å². The van der Waals surface area contributed by atoms with E-state index in [1.54, 1.807) is 12.1 Å². The monoisotopic (exact) mass is 327 g/mol. The van der Waals surface area contributed by atoms with Crippen molar-refractivity contribution in [2.75, 3.05) is 6.61 Å². The lowest BCUT2D eigenvalue weighted by molar-refractivity contribution is -0.123. The predicted octanol–water partition coefficient (Wildman–Crippen LogP) is 3.70. The third-order valence-corrected chi connectivity index (χ3v) is 3.59. The van der Waals surface area contributed by atoms with Gasteiger partial charge in [0, 0.05) is 17.8 Å². The summed E-state index contributed by atoms with van der Waals surface area (Å²) in [5.74, 6) is 0.0825. The van der Waals surface area contributed by atoms with Gasteiger partial charge in [0.2, 0.25) is 0 Å². The SMILES string of the molecule is CC(Cc1cc2ccccc2o1)NC(=O)COc1ccccc1F. The summed E-state index contributed by atoms with van der Waals surface area (Å²) in [6, 6.07) is 15.6. The Labute approximate surface area is 139 Å².